The van der Waals surface area contributed by atoms with Gasteiger partial charge >= 0.3 is 0 Å². The molecule has 3 aliphatic rings. The predicted molar refractivity (Wildman–Crippen MR) is 126 cm³/mol. The molecule has 1 saturated heterocycles. The molecule has 1 fully saturated rings. The van der Waals surface area contributed by atoms with E-state index in [1.165, 1.54) is 0 Å². The van der Waals surface area contributed by atoms with Gasteiger partial charge in [-0.2, -0.15) is 0 Å². The third kappa shape index (κ3) is 4.39. The lowest BCUT2D eigenvalue weighted by Gasteiger charge is -2.26. The minimum Gasteiger partial charge on any atom is -0.379 e. The average Bonchev–Trinajstić information content (AvgIpc) is 3.37. The highest BCUT2D eigenvalue weighted by atomic mass is 79.9. The Balaban J connectivity index is 1.40. The molecule has 2 N–H and O–H groups in total. The maximum atomic E-state index is 13.3. The highest BCUT2D eigenvalue weighted by Gasteiger charge is 2.21. The summed E-state index contributed by atoms with van der Waals surface area (Å²) in [6.07, 6.45) is 14.9. The Morgan fingerprint density at radius 2 is 2.10 bits per heavy atom. The summed E-state index contributed by atoms with van der Waals surface area (Å²) in [7, 11) is 0. The number of H-pyrrole nitrogens is 1. The number of aromatic nitrogens is 1. The zero-order chi connectivity index (χ0) is 21.2. The molecule has 1 atom stereocenters. The van der Waals surface area contributed by atoms with Crippen molar-refractivity contribution in [3.05, 3.63) is 76.3 Å². The summed E-state index contributed by atoms with van der Waals surface area (Å²) in [5.41, 5.74) is 3.58. The molecule has 2 aromatic rings. The van der Waals surface area contributed by atoms with Crippen LogP contribution >= 0.6 is 15.9 Å². The van der Waals surface area contributed by atoms with Crippen LogP contribution in [-0.2, 0) is 4.74 Å². The molecule has 31 heavy (non-hydrogen) atoms. The third-order valence-electron chi connectivity index (χ3n) is 5.84. The second-order valence-corrected chi connectivity index (χ2v) is 8.83. The van der Waals surface area contributed by atoms with Crippen molar-refractivity contribution in [1.82, 2.24) is 20.1 Å². The van der Waals surface area contributed by atoms with Crippen LogP contribution in [0.15, 0.2) is 65.1 Å². The molecule has 1 aromatic carbocycles. The van der Waals surface area contributed by atoms with Crippen LogP contribution in [0.3, 0.4) is 0 Å². The van der Waals surface area contributed by atoms with Gasteiger partial charge in [0.1, 0.15) is 6.17 Å². The predicted octanol–water partition coefficient (Wildman–Crippen LogP) is 4.00. The van der Waals surface area contributed by atoms with Gasteiger partial charge in [0.05, 0.1) is 30.2 Å². The maximum absolute atomic E-state index is 13.3. The lowest BCUT2D eigenvalue weighted by molar-refractivity contribution is 0.0370. The van der Waals surface area contributed by atoms with Crippen molar-refractivity contribution in [2.24, 2.45) is 0 Å². The van der Waals surface area contributed by atoms with Crippen LogP contribution in [-0.4, -0.2) is 59.6 Å². The quantitative estimate of drug-likeness (QED) is 0.611. The van der Waals surface area contributed by atoms with E-state index in [4.69, 9.17) is 4.74 Å². The van der Waals surface area contributed by atoms with Gasteiger partial charge < -0.3 is 19.9 Å². The van der Waals surface area contributed by atoms with Gasteiger partial charge in [-0.15, -0.1) is 0 Å². The molecule has 5 rings (SSSR count). The normalized spacial score (nSPS) is 21.0. The molecule has 1 unspecified atom stereocenters. The van der Waals surface area contributed by atoms with Crippen LogP contribution in [0.4, 0.5) is 0 Å². The molecule has 6 nitrogen and oxygen atoms in total. The Morgan fingerprint density at radius 3 is 2.94 bits per heavy atom. The SMILES string of the molecule is O=C(CCN1CCOCC1)c1c(/C=C/C2=CN3C=CC=CC3N2)[nH]c2cc(Br)ccc12. The minimum absolute atomic E-state index is 0.151. The number of nitrogens with zero attached hydrogens (tertiary/aromatic N) is 2. The number of ether oxygens (including phenoxy) is 1. The molecule has 0 amide bonds. The van der Waals surface area contributed by atoms with Crippen molar-refractivity contribution >= 4 is 38.7 Å². The van der Waals surface area contributed by atoms with Gasteiger partial charge in [0, 0.05) is 53.8 Å². The second kappa shape index (κ2) is 8.86. The largest absolute Gasteiger partial charge is 0.379 e. The standard InChI is InChI=1S/C24H25BrN4O2/c25-17-4-6-19-21(15-17)27-20(7-5-18-16-29-9-2-1-3-23(29)26-18)24(19)22(30)8-10-28-11-13-31-14-12-28/h1-7,9,15-16,23,26-27H,8,10-14H2/b7-5+. The number of nitrogens with one attached hydrogen (secondary N) is 2. The molecular weight excluding hydrogens is 456 g/mol. The molecule has 0 aliphatic carbocycles. The number of carbonyl (C=O) groups is 1. The lowest BCUT2D eigenvalue weighted by atomic mass is 10.0. The molecule has 0 spiro atoms. The Morgan fingerprint density at radius 1 is 1.23 bits per heavy atom. The number of hydrogen-bond acceptors (Lipinski definition) is 5. The molecule has 160 valence electrons. The summed E-state index contributed by atoms with van der Waals surface area (Å²) < 4.78 is 6.40. The summed E-state index contributed by atoms with van der Waals surface area (Å²) >= 11 is 3.53. The van der Waals surface area contributed by atoms with E-state index in [9.17, 15) is 4.79 Å². The molecule has 1 aromatic heterocycles. The van der Waals surface area contributed by atoms with Gasteiger partial charge in [0.2, 0.25) is 0 Å². The van der Waals surface area contributed by atoms with Crippen LogP contribution in [0.1, 0.15) is 22.5 Å². The first kappa shape index (κ1) is 20.3. The van der Waals surface area contributed by atoms with Crippen molar-refractivity contribution in [3.63, 3.8) is 0 Å². The van der Waals surface area contributed by atoms with Crippen LogP contribution < -0.4 is 5.32 Å². The van der Waals surface area contributed by atoms with Gasteiger partial charge in [-0.1, -0.05) is 28.1 Å². The number of aromatic amines is 1. The Kier molecular flexibility index (Phi) is 5.80. The van der Waals surface area contributed by atoms with E-state index in [1.807, 2.05) is 48.7 Å². The second-order valence-electron chi connectivity index (χ2n) is 7.91. The van der Waals surface area contributed by atoms with Gasteiger partial charge in [-0.05, 0) is 36.4 Å². The van der Waals surface area contributed by atoms with Crippen molar-refractivity contribution in [3.8, 4) is 0 Å². The average molecular weight is 481 g/mol. The van der Waals surface area contributed by atoms with E-state index in [0.717, 1.165) is 65.2 Å². The number of fused-ring (bicyclic) bond motifs is 2. The number of rotatable bonds is 6. The van der Waals surface area contributed by atoms with E-state index >= 15 is 0 Å². The fourth-order valence-electron chi connectivity index (χ4n) is 4.21. The van der Waals surface area contributed by atoms with Crippen molar-refractivity contribution in [1.29, 1.82) is 0 Å². The zero-order valence-corrected chi connectivity index (χ0v) is 18.8. The van der Waals surface area contributed by atoms with Crippen molar-refractivity contribution < 1.29 is 9.53 Å². The van der Waals surface area contributed by atoms with E-state index in [2.05, 4.69) is 48.3 Å². The fraction of sp³-hybridized carbons (Fsp3) is 0.292. The molecule has 4 heterocycles. The van der Waals surface area contributed by atoms with E-state index in [-0.39, 0.29) is 11.9 Å². The topological polar surface area (TPSA) is 60.6 Å². The Labute approximate surface area is 190 Å². The summed E-state index contributed by atoms with van der Waals surface area (Å²) in [5, 5.41) is 4.42. The third-order valence-corrected chi connectivity index (χ3v) is 6.34. The Bertz CT molecular complexity index is 1110. The first-order valence-corrected chi connectivity index (χ1v) is 11.4. The van der Waals surface area contributed by atoms with Gasteiger partial charge in [-0.3, -0.25) is 9.69 Å². The van der Waals surface area contributed by atoms with E-state index in [0.29, 0.717) is 6.42 Å². The summed E-state index contributed by atoms with van der Waals surface area (Å²) in [4.78, 5) is 21.2. The molecule has 0 radical (unpaired) electrons. The number of benzene rings is 1. The number of morpholine rings is 1. The van der Waals surface area contributed by atoms with Crippen molar-refractivity contribution in [2.45, 2.75) is 12.6 Å². The number of hydrogen-bond donors (Lipinski definition) is 2. The van der Waals surface area contributed by atoms with Crippen LogP contribution in [0.5, 0.6) is 0 Å². The summed E-state index contributed by atoms with van der Waals surface area (Å²) in [5.74, 6) is 0.163. The highest BCUT2D eigenvalue weighted by Crippen LogP contribution is 2.28. The number of carbonyl (C=O) groups excluding carboxylic acids is 1. The maximum Gasteiger partial charge on any atom is 0.166 e. The smallest absolute Gasteiger partial charge is 0.166 e. The van der Waals surface area contributed by atoms with Gasteiger partial charge in [0.25, 0.3) is 0 Å². The molecule has 0 bridgehead atoms. The van der Waals surface area contributed by atoms with Crippen LogP contribution in [0.25, 0.3) is 17.0 Å². The number of allylic oxidation sites excluding steroid dienone is 3. The monoisotopic (exact) mass is 480 g/mol. The number of halogens is 1. The van der Waals surface area contributed by atoms with Gasteiger partial charge in [-0.25, -0.2) is 0 Å². The molecular formula is C24H25BrN4O2. The fourth-order valence-corrected chi connectivity index (χ4v) is 4.58. The van der Waals surface area contributed by atoms with Crippen molar-refractivity contribution in [2.75, 3.05) is 32.8 Å². The van der Waals surface area contributed by atoms with Crippen LogP contribution in [0.2, 0.25) is 0 Å². The van der Waals surface area contributed by atoms with E-state index in [1.54, 1.807) is 0 Å². The zero-order valence-electron chi connectivity index (χ0n) is 17.2. The van der Waals surface area contributed by atoms with Crippen LogP contribution in [0, 0.1) is 0 Å². The molecule has 3 aliphatic heterocycles. The lowest BCUT2D eigenvalue weighted by Crippen LogP contribution is -2.37. The number of Topliss-reactive ketones (excluding diaryl/α,β-unsaturated/α-hetero) is 1. The summed E-state index contributed by atoms with van der Waals surface area (Å²) in [6.45, 7) is 4.03. The summed E-state index contributed by atoms with van der Waals surface area (Å²) in [6, 6.07) is 6.02. The first-order valence-electron chi connectivity index (χ1n) is 10.6. The number of ketones is 1. The molecule has 0 saturated carbocycles. The first-order chi connectivity index (χ1) is 15.2. The van der Waals surface area contributed by atoms with Gasteiger partial charge in [0.15, 0.2) is 5.78 Å². The Hall–Kier alpha value is -2.61. The molecule has 7 heteroatoms. The highest BCUT2D eigenvalue weighted by molar-refractivity contribution is 9.10. The minimum atomic E-state index is 0.151. The van der Waals surface area contributed by atoms with E-state index < -0.39 is 0 Å².